The highest BCUT2D eigenvalue weighted by molar-refractivity contribution is 7.09. The predicted molar refractivity (Wildman–Crippen MR) is 97.1 cm³/mol. The summed E-state index contributed by atoms with van der Waals surface area (Å²) in [7, 11) is 0. The summed E-state index contributed by atoms with van der Waals surface area (Å²) in [6.45, 7) is 3.79. The number of thiophene rings is 1. The maximum absolute atomic E-state index is 12.3. The number of aryl methyl sites for hydroxylation is 1. The Morgan fingerprint density at radius 2 is 1.83 bits per heavy atom. The molecule has 0 unspecified atom stereocenters. The van der Waals surface area contributed by atoms with Crippen LogP contribution in [0.5, 0.6) is 0 Å². The van der Waals surface area contributed by atoms with Crippen LogP contribution in [0.25, 0.3) is 0 Å². The molecule has 2 heterocycles. The molecule has 2 aromatic rings. The minimum Gasteiger partial charge on any atom is -0.387 e. The van der Waals surface area contributed by atoms with Crippen molar-refractivity contribution >= 4 is 17.2 Å². The topological polar surface area (TPSA) is 43.8 Å². The van der Waals surface area contributed by atoms with E-state index in [1.807, 2.05) is 41.3 Å². The molecule has 128 valence electrons. The molecule has 1 fully saturated rings. The van der Waals surface area contributed by atoms with Crippen LogP contribution in [0.2, 0.25) is 0 Å². The van der Waals surface area contributed by atoms with Gasteiger partial charge in [-0.3, -0.25) is 9.69 Å². The molecule has 0 saturated carbocycles. The highest BCUT2D eigenvalue weighted by atomic mass is 32.1. The van der Waals surface area contributed by atoms with Gasteiger partial charge in [-0.25, -0.2) is 0 Å². The standard InChI is InChI=1S/C19H24N2O2S/c22-18(16-5-2-1-3-6-16)15-20-10-12-21(13-11-20)19(23)9-8-17-7-4-14-24-17/h1-7,14,18,22H,8-13,15H2/t18-/m0/s1. The molecule has 1 N–H and O–H groups in total. The zero-order chi connectivity index (χ0) is 16.8. The molecule has 0 aliphatic carbocycles. The summed E-state index contributed by atoms with van der Waals surface area (Å²) in [5, 5.41) is 12.4. The van der Waals surface area contributed by atoms with Crippen molar-refractivity contribution in [2.24, 2.45) is 0 Å². The fourth-order valence-corrected chi connectivity index (χ4v) is 3.76. The van der Waals surface area contributed by atoms with Crippen LogP contribution in [0.4, 0.5) is 0 Å². The summed E-state index contributed by atoms with van der Waals surface area (Å²) >= 11 is 1.71. The summed E-state index contributed by atoms with van der Waals surface area (Å²) in [4.78, 5) is 17.8. The van der Waals surface area contributed by atoms with Gasteiger partial charge in [0, 0.05) is 44.0 Å². The van der Waals surface area contributed by atoms with Crippen molar-refractivity contribution in [3.63, 3.8) is 0 Å². The van der Waals surface area contributed by atoms with Gasteiger partial charge < -0.3 is 10.0 Å². The molecule has 1 saturated heterocycles. The third kappa shape index (κ3) is 4.66. The SMILES string of the molecule is O=C(CCc1cccs1)N1CCN(C[C@H](O)c2ccccc2)CC1. The lowest BCUT2D eigenvalue weighted by Gasteiger charge is -2.35. The van der Waals surface area contributed by atoms with Gasteiger partial charge in [0.2, 0.25) is 5.91 Å². The molecule has 0 bridgehead atoms. The van der Waals surface area contributed by atoms with Crippen LogP contribution in [0.3, 0.4) is 0 Å². The summed E-state index contributed by atoms with van der Waals surface area (Å²) in [6.07, 6.45) is 0.962. The minimum absolute atomic E-state index is 0.242. The number of hydrogen-bond acceptors (Lipinski definition) is 4. The molecular formula is C19H24N2O2S. The minimum atomic E-state index is -0.465. The van der Waals surface area contributed by atoms with Gasteiger partial charge in [-0.1, -0.05) is 36.4 Å². The molecular weight excluding hydrogens is 320 g/mol. The molecule has 1 amide bonds. The fraction of sp³-hybridized carbons (Fsp3) is 0.421. The smallest absolute Gasteiger partial charge is 0.223 e. The second-order valence-corrected chi connectivity index (χ2v) is 7.22. The number of benzene rings is 1. The first kappa shape index (κ1) is 17.1. The van der Waals surface area contributed by atoms with Crippen LogP contribution in [-0.2, 0) is 11.2 Å². The second kappa shape index (κ2) is 8.42. The number of carbonyl (C=O) groups is 1. The summed E-state index contributed by atoms with van der Waals surface area (Å²) in [5.74, 6) is 0.242. The molecule has 1 aromatic heterocycles. The lowest BCUT2D eigenvalue weighted by molar-refractivity contribution is -0.133. The Morgan fingerprint density at radius 3 is 2.50 bits per heavy atom. The molecule has 1 aliphatic heterocycles. The van der Waals surface area contributed by atoms with Crippen molar-refractivity contribution in [2.75, 3.05) is 32.7 Å². The molecule has 3 rings (SSSR count). The summed E-state index contributed by atoms with van der Waals surface area (Å²) in [5.41, 5.74) is 0.951. The normalized spacial score (nSPS) is 17.0. The van der Waals surface area contributed by atoms with E-state index in [0.29, 0.717) is 13.0 Å². The predicted octanol–water partition coefficient (Wildman–Crippen LogP) is 2.56. The van der Waals surface area contributed by atoms with E-state index < -0.39 is 6.10 Å². The number of aliphatic hydroxyl groups excluding tert-OH is 1. The van der Waals surface area contributed by atoms with Crippen molar-refractivity contribution in [3.05, 3.63) is 58.3 Å². The van der Waals surface area contributed by atoms with E-state index in [1.54, 1.807) is 11.3 Å². The molecule has 24 heavy (non-hydrogen) atoms. The Labute approximate surface area is 147 Å². The zero-order valence-electron chi connectivity index (χ0n) is 13.8. The van der Waals surface area contributed by atoms with Crippen LogP contribution < -0.4 is 0 Å². The first-order valence-electron chi connectivity index (χ1n) is 8.48. The maximum atomic E-state index is 12.3. The van der Waals surface area contributed by atoms with E-state index in [9.17, 15) is 9.90 Å². The van der Waals surface area contributed by atoms with E-state index in [4.69, 9.17) is 0 Å². The molecule has 0 radical (unpaired) electrons. The zero-order valence-corrected chi connectivity index (χ0v) is 14.6. The van der Waals surface area contributed by atoms with Gasteiger partial charge in [-0.2, -0.15) is 0 Å². The average Bonchev–Trinajstić information content (AvgIpc) is 3.14. The van der Waals surface area contributed by atoms with E-state index in [-0.39, 0.29) is 5.91 Å². The van der Waals surface area contributed by atoms with Crippen molar-refractivity contribution in [1.82, 2.24) is 9.80 Å². The fourth-order valence-electron chi connectivity index (χ4n) is 3.05. The van der Waals surface area contributed by atoms with E-state index in [1.165, 1.54) is 4.88 Å². The Bertz CT molecular complexity index is 622. The molecule has 0 spiro atoms. The quantitative estimate of drug-likeness (QED) is 0.876. The van der Waals surface area contributed by atoms with Gasteiger partial charge in [0.1, 0.15) is 0 Å². The maximum Gasteiger partial charge on any atom is 0.223 e. The second-order valence-electron chi connectivity index (χ2n) is 6.19. The number of β-amino-alcohol motifs (C(OH)–C–C–N with tert-alkyl or cyclic N) is 1. The third-order valence-corrected chi connectivity index (χ3v) is 5.44. The Hall–Kier alpha value is -1.69. The van der Waals surface area contributed by atoms with E-state index in [2.05, 4.69) is 16.3 Å². The molecule has 1 atom stereocenters. The van der Waals surface area contributed by atoms with Gasteiger partial charge in [-0.15, -0.1) is 11.3 Å². The van der Waals surface area contributed by atoms with Crippen LogP contribution in [0.1, 0.15) is 23.0 Å². The van der Waals surface area contributed by atoms with Crippen LogP contribution in [0.15, 0.2) is 47.8 Å². The van der Waals surface area contributed by atoms with Crippen LogP contribution in [-0.4, -0.2) is 53.5 Å². The highest BCUT2D eigenvalue weighted by Gasteiger charge is 2.22. The molecule has 4 nitrogen and oxygen atoms in total. The number of carbonyl (C=O) groups excluding carboxylic acids is 1. The Kier molecular flexibility index (Phi) is 6.01. The number of rotatable bonds is 6. The average molecular weight is 344 g/mol. The largest absolute Gasteiger partial charge is 0.387 e. The van der Waals surface area contributed by atoms with Gasteiger partial charge in [0.15, 0.2) is 0 Å². The molecule has 1 aliphatic rings. The number of piperazine rings is 1. The van der Waals surface area contributed by atoms with Gasteiger partial charge >= 0.3 is 0 Å². The first-order chi connectivity index (χ1) is 11.7. The Morgan fingerprint density at radius 1 is 1.08 bits per heavy atom. The van der Waals surface area contributed by atoms with Gasteiger partial charge in [-0.05, 0) is 23.4 Å². The molecule has 1 aromatic carbocycles. The number of nitrogens with zero attached hydrogens (tertiary/aromatic N) is 2. The number of amides is 1. The Balaban J connectivity index is 1.41. The van der Waals surface area contributed by atoms with Crippen molar-refractivity contribution in [3.8, 4) is 0 Å². The molecule has 5 heteroatoms. The number of aliphatic hydroxyl groups is 1. The van der Waals surface area contributed by atoms with Crippen molar-refractivity contribution in [2.45, 2.75) is 18.9 Å². The highest BCUT2D eigenvalue weighted by Crippen LogP contribution is 2.16. The summed E-state index contributed by atoms with van der Waals surface area (Å²) in [6, 6.07) is 13.9. The summed E-state index contributed by atoms with van der Waals surface area (Å²) < 4.78 is 0. The van der Waals surface area contributed by atoms with Gasteiger partial charge in [0.25, 0.3) is 0 Å². The lowest BCUT2D eigenvalue weighted by atomic mass is 10.1. The van der Waals surface area contributed by atoms with Crippen LogP contribution in [0, 0.1) is 0 Å². The van der Waals surface area contributed by atoms with Gasteiger partial charge in [0.05, 0.1) is 6.10 Å². The first-order valence-corrected chi connectivity index (χ1v) is 9.36. The monoisotopic (exact) mass is 344 g/mol. The van der Waals surface area contributed by atoms with Crippen molar-refractivity contribution in [1.29, 1.82) is 0 Å². The number of hydrogen-bond donors (Lipinski definition) is 1. The van der Waals surface area contributed by atoms with Crippen LogP contribution >= 0.6 is 11.3 Å². The van der Waals surface area contributed by atoms with E-state index in [0.717, 1.165) is 38.2 Å². The third-order valence-electron chi connectivity index (χ3n) is 4.51. The van der Waals surface area contributed by atoms with E-state index >= 15 is 0 Å². The van der Waals surface area contributed by atoms with Crippen molar-refractivity contribution < 1.29 is 9.90 Å². The lowest BCUT2D eigenvalue weighted by Crippen LogP contribution is -2.49.